The highest BCUT2D eigenvalue weighted by atomic mass is 16.1. The average molecular weight is 197 g/mol. The van der Waals surface area contributed by atoms with E-state index < -0.39 is 0 Å². The van der Waals surface area contributed by atoms with Gasteiger partial charge in [0.1, 0.15) is 0 Å². The zero-order valence-electron chi connectivity index (χ0n) is 9.10. The highest BCUT2D eigenvalue weighted by Gasteiger charge is 2.12. The van der Waals surface area contributed by atoms with Crippen molar-refractivity contribution in [1.29, 1.82) is 0 Å². The summed E-state index contributed by atoms with van der Waals surface area (Å²) in [6, 6.07) is 0.0556. The normalized spacial score (nSPS) is 15.4. The van der Waals surface area contributed by atoms with E-state index in [1.54, 1.807) is 28.6 Å². The van der Waals surface area contributed by atoms with Crippen LogP contribution in [0.4, 0.5) is 0 Å². The lowest BCUT2D eigenvalue weighted by molar-refractivity contribution is 0.391. The van der Waals surface area contributed by atoms with Crippen molar-refractivity contribution >= 4 is 0 Å². The van der Waals surface area contributed by atoms with Crippen molar-refractivity contribution in [2.45, 2.75) is 32.9 Å². The molecule has 2 atom stereocenters. The first kappa shape index (κ1) is 11.0. The quantitative estimate of drug-likeness (QED) is 0.766. The molecule has 1 rings (SSSR count). The van der Waals surface area contributed by atoms with Crippen molar-refractivity contribution in [1.82, 2.24) is 9.13 Å². The highest BCUT2D eigenvalue weighted by Crippen LogP contribution is 2.06. The Bertz CT molecular complexity index is 339. The minimum absolute atomic E-state index is 0.00348. The molecule has 14 heavy (non-hydrogen) atoms. The Labute approximate surface area is 84.3 Å². The Kier molecular flexibility index (Phi) is 3.52. The van der Waals surface area contributed by atoms with Crippen LogP contribution in [0.2, 0.25) is 0 Å². The third kappa shape index (κ3) is 2.26. The first-order valence-electron chi connectivity index (χ1n) is 5.03. The van der Waals surface area contributed by atoms with Crippen LogP contribution >= 0.6 is 0 Å². The van der Waals surface area contributed by atoms with Crippen molar-refractivity contribution in [2.24, 2.45) is 18.7 Å². The van der Waals surface area contributed by atoms with E-state index >= 15 is 0 Å². The summed E-state index contributed by atoms with van der Waals surface area (Å²) in [6.07, 6.45) is 4.58. The first-order valence-corrected chi connectivity index (χ1v) is 5.03. The Morgan fingerprint density at radius 3 is 2.57 bits per heavy atom. The molecule has 1 aromatic rings. The van der Waals surface area contributed by atoms with Crippen LogP contribution < -0.4 is 11.4 Å². The van der Waals surface area contributed by atoms with Gasteiger partial charge < -0.3 is 10.3 Å². The van der Waals surface area contributed by atoms with Crippen molar-refractivity contribution in [3.05, 3.63) is 22.9 Å². The lowest BCUT2D eigenvalue weighted by Crippen LogP contribution is -2.36. The summed E-state index contributed by atoms with van der Waals surface area (Å²) < 4.78 is 3.22. The molecule has 80 valence electrons. The lowest BCUT2D eigenvalue weighted by atomic mass is 10.0. The molecule has 4 heteroatoms. The fraction of sp³-hybridized carbons (Fsp3) is 0.700. The number of imidazole rings is 1. The van der Waals surface area contributed by atoms with Gasteiger partial charge in [-0.1, -0.05) is 20.3 Å². The summed E-state index contributed by atoms with van der Waals surface area (Å²) in [4.78, 5) is 11.5. The van der Waals surface area contributed by atoms with Crippen molar-refractivity contribution in [2.75, 3.05) is 0 Å². The van der Waals surface area contributed by atoms with Gasteiger partial charge in [-0.3, -0.25) is 4.57 Å². The Balaban J connectivity index is 2.69. The minimum atomic E-state index is 0.00348. The van der Waals surface area contributed by atoms with E-state index in [1.807, 2.05) is 0 Å². The molecule has 0 aliphatic carbocycles. The maximum atomic E-state index is 11.5. The molecule has 0 bridgehead atoms. The fourth-order valence-electron chi connectivity index (χ4n) is 1.36. The minimum Gasteiger partial charge on any atom is -0.326 e. The second kappa shape index (κ2) is 4.46. The van der Waals surface area contributed by atoms with Crippen LogP contribution in [0.15, 0.2) is 17.2 Å². The van der Waals surface area contributed by atoms with Crippen LogP contribution in [0.5, 0.6) is 0 Å². The Hall–Kier alpha value is -1.03. The molecule has 2 unspecified atom stereocenters. The molecular formula is C10H19N3O. The van der Waals surface area contributed by atoms with Gasteiger partial charge in [0.05, 0.1) is 0 Å². The Morgan fingerprint density at radius 1 is 1.50 bits per heavy atom. The van der Waals surface area contributed by atoms with Gasteiger partial charge in [-0.2, -0.15) is 0 Å². The molecule has 2 N–H and O–H groups in total. The molecule has 1 heterocycles. The standard InChI is InChI=1S/C10H19N3O/c1-4-8(2)9(11)7-13-6-5-12(3)10(13)14/h5-6,8-9H,4,7,11H2,1-3H3. The van der Waals surface area contributed by atoms with Gasteiger partial charge in [0.25, 0.3) is 0 Å². The van der Waals surface area contributed by atoms with E-state index in [0.717, 1.165) is 6.42 Å². The number of rotatable bonds is 4. The monoisotopic (exact) mass is 197 g/mol. The predicted molar refractivity (Wildman–Crippen MR) is 57.1 cm³/mol. The van der Waals surface area contributed by atoms with Gasteiger partial charge in [-0.15, -0.1) is 0 Å². The van der Waals surface area contributed by atoms with Crippen molar-refractivity contribution in [3.63, 3.8) is 0 Å². The van der Waals surface area contributed by atoms with Gasteiger partial charge >= 0.3 is 5.69 Å². The maximum Gasteiger partial charge on any atom is 0.327 e. The number of nitrogens with zero attached hydrogens (tertiary/aromatic N) is 2. The summed E-state index contributed by atoms with van der Waals surface area (Å²) in [5.41, 5.74) is 5.97. The summed E-state index contributed by atoms with van der Waals surface area (Å²) in [5.74, 6) is 0.446. The second-order valence-electron chi connectivity index (χ2n) is 3.89. The number of hydrogen-bond acceptors (Lipinski definition) is 2. The zero-order valence-corrected chi connectivity index (χ0v) is 9.10. The number of aromatic nitrogens is 2. The van der Waals surface area contributed by atoms with Gasteiger partial charge in [0.15, 0.2) is 0 Å². The van der Waals surface area contributed by atoms with E-state index in [9.17, 15) is 4.79 Å². The fourth-order valence-corrected chi connectivity index (χ4v) is 1.36. The third-order valence-corrected chi connectivity index (χ3v) is 2.80. The largest absolute Gasteiger partial charge is 0.327 e. The molecule has 4 nitrogen and oxygen atoms in total. The van der Waals surface area contributed by atoms with Crippen molar-refractivity contribution < 1.29 is 0 Å². The number of nitrogens with two attached hydrogens (primary N) is 1. The van der Waals surface area contributed by atoms with E-state index in [-0.39, 0.29) is 11.7 Å². The zero-order chi connectivity index (χ0) is 10.7. The SMILES string of the molecule is CCC(C)C(N)Cn1ccn(C)c1=O. The number of aryl methyl sites for hydroxylation is 1. The molecule has 1 aromatic heterocycles. The van der Waals surface area contributed by atoms with Gasteiger partial charge in [0.2, 0.25) is 0 Å². The Morgan fingerprint density at radius 2 is 2.14 bits per heavy atom. The van der Waals surface area contributed by atoms with Gasteiger partial charge in [-0.25, -0.2) is 4.79 Å². The van der Waals surface area contributed by atoms with Gasteiger partial charge in [0, 0.05) is 32.0 Å². The van der Waals surface area contributed by atoms with Gasteiger partial charge in [-0.05, 0) is 5.92 Å². The van der Waals surface area contributed by atoms with E-state index in [0.29, 0.717) is 12.5 Å². The second-order valence-corrected chi connectivity index (χ2v) is 3.89. The average Bonchev–Trinajstić information content (AvgIpc) is 2.48. The third-order valence-electron chi connectivity index (χ3n) is 2.80. The van der Waals surface area contributed by atoms with Crippen LogP contribution in [-0.4, -0.2) is 15.2 Å². The topological polar surface area (TPSA) is 52.9 Å². The molecule has 0 aromatic carbocycles. The van der Waals surface area contributed by atoms with Crippen LogP contribution in [0.3, 0.4) is 0 Å². The predicted octanol–water partition coefficient (Wildman–Crippen LogP) is 0.560. The van der Waals surface area contributed by atoms with Crippen molar-refractivity contribution in [3.8, 4) is 0 Å². The molecule has 0 aliphatic heterocycles. The molecule has 0 aliphatic rings. The lowest BCUT2D eigenvalue weighted by Gasteiger charge is -2.17. The summed E-state index contributed by atoms with van der Waals surface area (Å²) >= 11 is 0. The molecule has 0 amide bonds. The van der Waals surface area contributed by atoms with E-state index in [2.05, 4.69) is 13.8 Å². The first-order chi connectivity index (χ1) is 6.56. The molecular weight excluding hydrogens is 178 g/mol. The maximum absolute atomic E-state index is 11.5. The number of hydrogen-bond donors (Lipinski definition) is 1. The highest BCUT2D eigenvalue weighted by molar-refractivity contribution is 4.82. The molecule has 0 spiro atoms. The summed E-state index contributed by atoms with van der Waals surface area (Å²) in [5, 5.41) is 0. The van der Waals surface area contributed by atoms with Crippen LogP contribution in [0.1, 0.15) is 20.3 Å². The van der Waals surface area contributed by atoms with Crippen LogP contribution in [-0.2, 0) is 13.6 Å². The molecule has 0 fully saturated rings. The van der Waals surface area contributed by atoms with Crippen LogP contribution in [0.25, 0.3) is 0 Å². The van der Waals surface area contributed by atoms with E-state index in [1.165, 1.54) is 0 Å². The van der Waals surface area contributed by atoms with Crippen LogP contribution in [0, 0.1) is 5.92 Å². The summed E-state index contributed by atoms with van der Waals surface area (Å²) in [7, 11) is 1.74. The van der Waals surface area contributed by atoms with E-state index in [4.69, 9.17) is 5.73 Å². The smallest absolute Gasteiger partial charge is 0.326 e. The summed E-state index contributed by atoms with van der Waals surface area (Å²) in [6.45, 7) is 4.83. The molecule has 0 saturated heterocycles. The molecule has 0 saturated carbocycles. The molecule has 0 radical (unpaired) electrons.